The summed E-state index contributed by atoms with van der Waals surface area (Å²) >= 11 is 0. The second-order valence-corrected chi connectivity index (χ2v) is 13.8. The van der Waals surface area contributed by atoms with Gasteiger partial charge >= 0.3 is 5.97 Å². The first-order chi connectivity index (χ1) is 22.3. The minimum atomic E-state index is -0.400. The van der Waals surface area contributed by atoms with Crippen molar-refractivity contribution in [3.05, 3.63) is 83.2 Å². The van der Waals surface area contributed by atoms with Crippen molar-refractivity contribution in [1.82, 2.24) is 14.5 Å². The number of likely N-dealkylation sites (tertiary alicyclic amines) is 1. The van der Waals surface area contributed by atoms with E-state index in [9.17, 15) is 4.79 Å². The Morgan fingerprint density at radius 3 is 2.52 bits per heavy atom. The second kappa shape index (κ2) is 14.0. The van der Waals surface area contributed by atoms with Gasteiger partial charge in [0, 0.05) is 68.2 Å². The van der Waals surface area contributed by atoms with Gasteiger partial charge in [-0.3, -0.25) is 4.79 Å². The zero-order chi connectivity index (χ0) is 32.3. The molecule has 3 aliphatic rings. The van der Waals surface area contributed by atoms with Crippen molar-refractivity contribution in [3.63, 3.8) is 0 Å². The number of carbonyl (C=O) groups excluding carboxylic acids is 1. The quantitative estimate of drug-likeness (QED) is 0.222. The standard InChI is InChI=1S/C38H48FN5O2/c1-4-36-41-27(3)22-44(36)26-38(31-8-6-9-32(39)20-31,34-10-7-11-35(34)46-37(45)5-2)30-16-18-42(19-17-30)23-29-24-43(25-29)33-14-12-28(21-40)13-15-33/h6,8-9,12-15,20,22,29-30,34-35H,4-5,7,10-11,16-19,23-26H2,1-3H3/t34-,35-,38+/m0/s1. The molecule has 3 heterocycles. The molecule has 0 radical (unpaired) electrons. The van der Waals surface area contributed by atoms with E-state index in [2.05, 4.69) is 39.6 Å². The Morgan fingerprint density at radius 2 is 1.85 bits per heavy atom. The third-order valence-electron chi connectivity index (χ3n) is 10.9. The lowest BCUT2D eigenvalue weighted by molar-refractivity contribution is -0.152. The minimum absolute atomic E-state index is 0.0985. The van der Waals surface area contributed by atoms with E-state index in [-0.39, 0.29) is 23.8 Å². The highest BCUT2D eigenvalue weighted by atomic mass is 19.1. The SMILES string of the molecule is CCC(=O)O[C@H]1CCC[C@@H]1[C@@](Cn1cc(C)nc1CC)(c1cccc(F)c1)C1CCN(CC2CN(c3ccc(C#N)cc3)C2)CC1. The third kappa shape index (κ3) is 6.57. The van der Waals surface area contributed by atoms with Crippen molar-refractivity contribution in [2.75, 3.05) is 37.6 Å². The lowest BCUT2D eigenvalue weighted by Crippen LogP contribution is -2.55. The maximum atomic E-state index is 15.1. The Morgan fingerprint density at radius 1 is 1.09 bits per heavy atom. The number of carbonyl (C=O) groups is 1. The minimum Gasteiger partial charge on any atom is -0.462 e. The van der Waals surface area contributed by atoms with E-state index in [0.717, 1.165) is 88.3 Å². The summed E-state index contributed by atoms with van der Waals surface area (Å²) in [5, 5.41) is 9.12. The number of nitrogens with zero attached hydrogens (tertiary/aromatic N) is 5. The number of esters is 1. The number of rotatable bonds is 11. The summed E-state index contributed by atoms with van der Waals surface area (Å²) in [5.41, 5.74) is 3.50. The highest BCUT2D eigenvalue weighted by Crippen LogP contribution is 2.52. The summed E-state index contributed by atoms with van der Waals surface area (Å²) in [6.45, 7) is 11.9. The van der Waals surface area contributed by atoms with Crippen molar-refractivity contribution in [2.45, 2.75) is 83.8 Å². The first-order valence-corrected chi connectivity index (χ1v) is 17.3. The summed E-state index contributed by atoms with van der Waals surface area (Å²) in [7, 11) is 0. The molecule has 3 atom stereocenters. The zero-order valence-corrected chi connectivity index (χ0v) is 27.6. The highest BCUT2D eigenvalue weighted by Gasteiger charge is 2.53. The molecule has 0 spiro atoms. The average molecular weight is 626 g/mol. The molecule has 1 saturated carbocycles. The molecule has 8 heteroatoms. The summed E-state index contributed by atoms with van der Waals surface area (Å²) in [5.74, 6) is 1.71. The predicted octanol–water partition coefficient (Wildman–Crippen LogP) is 6.67. The van der Waals surface area contributed by atoms with E-state index < -0.39 is 5.41 Å². The topological polar surface area (TPSA) is 74.4 Å². The van der Waals surface area contributed by atoms with Gasteiger partial charge in [0.2, 0.25) is 0 Å². The first kappa shape index (κ1) is 32.2. The molecular formula is C38H48FN5O2. The molecule has 0 amide bonds. The van der Waals surface area contributed by atoms with Gasteiger partial charge in [0.15, 0.2) is 0 Å². The van der Waals surface area contributed by atoms with Gasteiger partial charge in [0.1, 0.15) is 17.7 Å². The largest absolute Gasteiger partial charge is 0.462 e. The number of halogens is 1. The fourth-order valence-corrected chi connectivity index (χ4v) is 8.71. The van der Waals surface area contributed by atoms with Gasteiger partial charge in [-0.05, 0) is 100.0 Å². The van der Waals surface area contributed by atoms with Crippen LogP contribution in [0.5, 0.6) is 0 Å². The molecule has 2 aliphatic heterocycles. The van der Waals surface area contributed by atoms with Crippen LogP contribution < -0.4 is 4.90 Å². The van der Waals surface area contributed by atoms with Crippen LogP contribution in [0.25, 0.3) is 0 Å². The summed E-state index contributed by atoms with van der Waals surface area (Å²) in [4.78, 5) is 22.5. The molecule has 2 saturated heterocycles. The van der Waals surface area contributed by atoms with Crippen molar-refractivity contribution in [2.24, 2.45) is 17.8 Å². The molecule has 3 fully saturated rings. The number of anilines is 1. The molecule has 2 aromatic carbocycles. The number of ether oxygens (including phenoxy) is 1. The van der Waals surface area contributed by atoms with Gasteiger partial charge in [0.05, 0.1) is 17.3 Å². The molecule has 1 aromatic heterocycles. The number of imidazole rings is 1. The Hall–Kier alpha value is -3.70. The average Bonchev–Trinajstić information content (AvgIpc) is 3.67. The number of benzene rings is 2. The molecule has 3 aromatic rings. The van der Waals surface area contributed by atoms with Gasteiger partial charge in [-0.15, -0.1) is 0 Å². The molecule has 244 valence electrons. The van der Waals surface area contributed by atoms with Gasteiger partial charge in [-0.1, -0.05) is 26.0 Å². The fraction of sp³-hybridized carbons (Fsp3) is 0.553. The van der Waals surface area contributed by atoms with Crippen molar-refractivity contribution in [3.8, 4) is 6.07 Å². The van der Waals surface area contributed by atoms with Crippen LogP contribution in [-0.2, 0) is 27.9 Å². The molecule has 0 unspecified atom stereocenters. The molecular weight excluding hydrogens is 577 g/mol. The van der Waals surface area contributed by atoms with E-state index in [0.29, 0.717) is 30.4 Å². The number of hydrogen-bond acceptors (Lipinski definition) is 6. The third-order valence-corrected chi connectivity index (χ3v) is 10.9. The molecule has 7 nitrogen and oxygen atoms in total. The van der Waals surface area contributed by atoms with Gasteiger partial charge in [0.25, 0.3) is 0 Å². The van der Waals surface area contributed by atoms with Crippen LogP contribution in [0.4, 0.5) is 10.1 Å². The van der Waals surface area contributed by atoms with Crippen molar-refractivity contribution >= 4 is 11.7 Å². The number of aromatic nitrogens is 2. The van der Waals surface area contributed by atoms with Gasteiger partial charge in [-0.2, -0.15) is 5.26 Å². The van der Waals surface area contributed by atoms with Crippen LogP contribution in [0.3, 0.4) is 0 Å². The van der Waals surface area contributed by atoms with E-state index in [1.807, 2.05) is 44.2 Å². The monoisotopic (exact) mass is 625 g/mol. The van der Waals surface area contributed by atoms with Crippen LogP contribution in [-0.4, -0.2) is 59.2 Å². The lowest BCUT2D eigenvalue weighted by Gasteiger charge is -2.51. The number of piperidine rings is 1. The number of aryl methyl sites for hydroxylation is 2. The molecule has 1 aliphatic carbocycles. The first-order valence-electron chi connectivity index (χ1n) is 17.3. The van der Waals surface area contributed by atoms with Crippen LogP contribution in [0.1, 0.15) is 75.0 Å². The highest BCUT2D eigenvalue weighted by molar-refractivity contribution is 5.69. The summed E-state index contributed by atoms with van der Waals surface area (Å²) < 4.78 is 23.6. The number of nitriles is 1. The number of hydrogen-bond donors (Lipinski definition) is 0. The molecule has 0 N–H and O–H groups in total. The van der Waals surface area contributed by atoms with Crippen molar-refractivity contribution in [1.29, 1.82) is 5.26 Å². The van der Waals surface area contributed by atoms with Crippen molar-refractivity contribution < 1.29 is 13.9 Å². The molecule has 46 heavy (non-hydrogen) atoms. The maximum absolute atomic E-state index is 15.1. The van der Waals surface area contributed by atoms with Gasteiger partial charge < -0.3 is 19.1 Å². The van der Waals surface area contributed by atoms with Crippen LogP contribution in [0.2, 0.25) is 0 Å². The smallest absolute Gasteiger partial charge is 0.305 e. The van der Waals surface area contributed by atoms with E-state index in [1.54, 1.807) is 12.1 Å². The van der Waals surface area contributed by atoms with Crippen LogP contribution in [0, 0.1) is 41.8 Å². The van der Waals surface area contributed by atoms with E-state index >= 15 is 4.39 Å². The molecule has 6 rings (SSSR count). The Balaban J connectivity index is 1.25. The second-order valence-electron chi connectivity index (χ2n) is 13.8. The predicted molar refractivity (Wildman–Crippen MR) is 178 cm³/mol. The normalized spacial score (nSPS) is 22.3. The Kier molecular flexibility index (Phi) is 9.79. The fourth-order valence-electron chi connectivity index (χ4n) is 8.71. The summed E-state index contributed by atoms with van der Waals surface area (Å²) in [6, 6.07) is 17.4. The summed E-state index contributed by atoms with van der Waals surface area (Å²) in [6.07, 6.45) is 8.01. The Bertz CT molecular complexity index is 1530. The lowest BCUT2D eigenvalue weighted by atomic mass is 9.58. The van der Waals surface area contributed by atoms with Crippen LogP contribution in [0.15, 0.2) is 54.7 Å². The van der Waals surface area contributed by atoms with Crippen LogP contribution >= 0.6 is 0 Å². The van der Waals surface area contributed by atoms with E-state index in [4.69, 9.17) is 15.0 Å². The molecule has 0 bridgehead atoms. The zero-order valence-electron chi connectivity index (χ0n) is 27.6. The Labute approximate surface area is 273 Å². The maximum Gasteiger partial charge on any atom is 0.305 e. The van der Waals surface area contributed by atoms with Gasteiger partial charge in [-0.25, -0.2) is 9.37 Å². The van der Waals surface area contributed by atoms with E-state index in [1.165, 1.54) is 5.69 Å².